The third-order valence-electron chi connectivity index (χ3n) is 3.87. The maximum atomic E-state index is 12.3. The number of nitrogens with zero attached hydrogens (tertiary/aromatic N) is 1. The van der Waals surface area contributed by atoms with Gasteiger partial charge in [0.25, 0.3) is 0 Å². The molecule has 0 saturated carbocycles. The van der Waals surface area contributed by atoms with Crippen molar-refractivity contribution in [3.8, 4) is 0 Å². The molecule has 114 valence electrons. The summed E-state index contributed by atoms with van der Waals surface area (Å²) in [5, 5.41) is 3.12. The Kier molecular flexibility index (Phi) is 6.60. The van der Waals surface area contributed by atoms with Crippen molar-refractivity contribution in [3.05, 3.63) is 0 Å². The molecule has 1 aliphatic rings. The second kappa shape index (κ2) is 7.48. The summed E-state index contributed by atoms with van der Waals surface area (Å²) in [5.74, 6) is 0.469. The molecule has 19 heavy (non-hydrogen) atoms. The van der Waals surface area contributed by atoms with Gasteiger partial charge in [-0.2, -0.15) is 13.2 Å². The van der Waals surface area contributed by atoms with E-state index in [0.29, 0.717) is 5.92 Å². The van der Waals surface area contributed by atoms with E-state index in [1.807, 2.05) is 6.92 Å². The van der Waals surface area contributed by atoms with Crippen molar-refractivity contribution in [1.82, 2.24) is 10.2 Å². The van der Waals surface area contributed by atoms with Crippen LogP contribution in [0.25, 0.3) is 0 Å². The van der Waals surface area contributed by atoms with E-state index in [0.717, 1.165) is 38.9 Å². The van der Waals surface area contributed by atoms with Crippen molar-refractivity contribution in [2.75, 3.05) is 19.6 Å². The van der Waals surface area contributed by atoms with Gasteiger partial charge in [-0.3, -0.25) is 0 Å². The highest BCUT2D eigenvalue weighted by molar-refractivity contribution is 4.82. The highest BCUT2D eigenvalue weighted by atomic mass is 19.4. The number of likely N-dealkylation sites (tertiary alicyclic amines) is 1. The molecule has 2 nitrogen and oxygen atoms in total. The van der Waals surface area contributed by atoms with Crippen LogP contribution in [0.5, 0.6) is 0 Å². The van der Waals surface area contributed by atoms with Gasteiger partial charge in [0.15, 0.2) is 0 Å². The molecule has 0 amide bonds. The molecule has 1 N–H and O–H groups in total. The smallest absolute Gasteiger partial charge is 0.311 e. The van der Waals surface area contributed by atoms with Crippen LogP contribution in [-0.2, 0) is 0 Å². The first kappa shape index (κ1) is 16.8. The van der Waals surface area contributed by atoms with Crippen molar-refractivity contribution in [1.29, 1.82) is 0 Å². The van der Waals surface area contributed by atoms with Gasteiger partial charge in [-0.25, -0.2) is 0 Å². The van der Waals surface area contributed by atoms with E-state index in [1.54, 1.807) is 6.92 Å². The lowest BCUT2D eigenvalue weighted by molar-refractivity contribution is -0.139. The van der Waals surface area contributed by atoms with Crippen LogP contribution < -0.4 is 5.32 Å². The Balaban J connectivity index is 2.37. The predicted molar refractivity (Wildman–Crippen MR) is 72.2 cm³/mol. The van der Waals surface area contributed by atoms with Gasteiger partial charge in [0.2, 0.25) is 0 Å². The van der Waals surface area contributed by atoms with Crippen LogP contribution >= 0.6 is 0 Å². The number of halogens is 3. The predicted octanol–water partition coefficient (Wildman–Crippen LogP) is 3.43. The minimum atomic E-state index is -4.08. The van der Waals surface area contributed by atoms with Crippen LogP contribution in [0.15, 0.2) is 0 Å². The SMILES string of the molecule is CCCN1CCCC(C(C)NC(C)CC(F)(F)F)C1. The highest BCUT2D eigenvalue weighted by Crippen LogP contribution is 2.24. The Labute approximate surface area is 114 Å². The van der Waals surface area contributed by atoms with Gasteiger partial charge >= 0.3 is 6.18 Å². The van der Waals surface area contributed by atoms with Crippen molar-refractivity contribution < 1.29 is 13.2 Å². The summed E-state index contributed by atoms with van der Waals surface area (Å²) in [7, 11) is 0. The normalized spacial score (nSPS) is 25.3. The lowest BCUT2D eigenvalue weighted by Gasteiger charge is -2.37. The van der Waals surface area contributed by atoms with Crippen LogP contribution in [0.1, 0.15) is 46.5 Å². The van der Waals surface area contributed by atoms with Gasteiger partial charge in [0, 0.05) is 18.6 Å². The molecule has 0 aromatic rings. The van der Waals surface area contributed by atoms with Crippen molar-refractivity contribution in [2.45, 2.75) is 64.7 Å². The average molecular weight is 280 g/mol. The molecule has 0 spiro atoms. The van der Waals surface area contributed by atoms with Gasteiger partial charge in [0.05, 0.1) is 6.42 Å². The third-order valence-corrected chi connectivity index (χ3v) is 3.87. The zero-order chi connectivity index (χ0) is 14.5. The summed E-state index contributed by atoms with van der Waals surface area (Å²) in [6.45, 7) is 9.05. The topological polar surface area (TPSA) is 15.3 Å². The van der Waals surface area contributed by atoms with Gasteiger partial charge in [0.1, 0.15) is 0 Å². The zero-order valence-electron chi connectivity index (χ0n) is 12.3. The lowest BCUT2D eigenvalue weighted by Crippen LogP contribution is -2.47. The van der Waals surface area contributed by atoms with E-state index in [9.17, 15) is 13.2 Å². The van der Waals surface area contributed by atoms with Crippen molar-refractivity contribution in [2.24, 2.45) is 5.92 Å². The summed E-state index contributed by atoms with van der Waals surface area (Å²) >= 11 is 0. The van der Waals surface area contributed by atoms with Crippen molar-refractivity contribution in [3.63, 3.8) is 0 Å². The summed E-state index contributed by atoms with van der Waals surface area (Å²) in [6, 6.07) is -0.353. The van der Waals surface area contributed by atoms with Crippen LogP contribution in [-0.4, -0.2) is 42.8 Å². The molecule has 3 atom stereocenters. The Bertz CT molecular complexity index is 254. The minimum Gasteiger partial charge on any atom is -0.311 e. The van der Waals surface area contributed by atoms with Gasteiger partial charge in [-0.05, 0) is 52.1 Å². The summed E-state index contributed by atoms with van der Waals surface area (Å²) < 4.78 is 36.9. The maximum Gasteiger partial charge on any atom is 0.390 e. The van der Waals surface area contributed by atoms with E-state index in [-0.39, 0.29) is 6.04 Å². The maximum absolute atomic E-state index is 12.3. The average Bonchev–Trinajstić information content (AvgIpc) is 2.27. The number of alkyl halides is 3. The molecular weight excluding hydrogens is 253 g/mol. The quantitative estimate of drug-likeness (QED) is 0.802. The Morgan fingerprint density at radius 1 is 1.32 bits per heavy atom. The fourth-order valence-corrected chi connectivity index (χ4v) is 3.01. The fraction of sp³-hybridized carbons (Fsp3) is 1.00. The zero-order valence-corrected chi connectivity index (χ0v) is 12.3. The second-order valence-corrected chi connectivity index (χ2v) is 5.88. The van der Waals surface area contributed by atoms with Gasteiger partial charge in [-0.1, -0.05) is 6.92 Å². The summed E-state index contributed by atoms with van der Waals surface area (Å²) in [4.78, 5) is 2.43. The molecule has 1 heterocycles. The van der Waals surface area contributed by atoms with E-state index in [1.165, 1.54) is 0 Å². The van der Waals surface area contributed by atoms with Crippen LogP contribution in [0.2, 0.25) is 0 Å². The molecule has 1 saturated heterocycles. The van der Waals surface area contributed by atoms with Crippen LogP contribution in [0.4, 0.5) is 13.2 Å². The first-order chi connectivity index (χ1) is 8.81. The molecule has 0 aromatic heterocycles. The first-order valence-corrected chi connectivity index (χ1v) is 7.37. The summed E-state index contributed by atoms with van der Waals surface area (Å²) in [6.07, 6.45) is -1.41. The van der Waals surface area contributed by atoms with E-state index in [4.69, 9.17) is 0 Å². The minimum absolute atomic E-state index is 0.150. The van der Waals surface area contributed by atoms with E-state index < -0.39 is 18.6 Å². The molecule has 0 aromatic carbocycles. The molecule has 1 fully saturated rings. The molecule has 1 rings (SSSR count). The number of rotatable bonds is 6. The number of piperidine rings is 1. The number of hydrogen-bond acceptors (Lipinski definition) is 2. The molecular formula is C14H27F3N2. The lowest BCUT2D eigenvalue weighted by atomic mass is 9.91. The molecule has 1 aliphatic heterocycles. The Morgan fingerprint density at radius 2 is 2.00 bits per heavy atom. The molecule has 0 radical (unpaired) electrons. The van der Waals surface area contributed by atoms with Crippen LogP contribution in [0.3, 0.4) is 0 Å². The van der Waals surface area contributed by atoms with Crippen molar-refractivity contribution >= 4 is 0 Å². The fourth-order valence-electron chi connectivity index (χ4n) is 3.01. The van der Waals surface area contributed by atoms with E-state index >= 15 is 0 Å². The Hall–Kier alpha value is -0.290. The molecule has 5 heteroatoms. The largest absolute Gasteiger partial charge is 0.390 e. The van der Waals surface area contributed by atoms with Crippen LogP contribution in [0, 0.1) is 5.92 Å². The Morgan fingerprint density at radius 3 is 2.58 bits per heavy atom. The molecule has 0 bridgehead atoms. The molecule has 0 aliphatic carbocycles. The monoisotopic (exact) mass is 280 g/mol. The highest BCUT2D eigenvalue weighted by Gasteiger charge is 2.32. The van der Waals surface area contributed by atoms with Gasteiger partial charge in [-0.15, -0.1) is 0 Å². The standard InChI is InChI=1S/C14H27F3N2/c1-4-7-19-8-5-6-13(10-19)12(3)18-11(2)9-14(15,16)17/h11-13,18H,4-10H2,1-3H3. The first-order valence-electron chi connectivity index (χ1n) is 7.37. The second-order valence-electron chi connectivity index (χ2n) is 5.88. The van der Waals surface area contributed by atoms with E-state index in [2.05, 4.69) is 17.1 Å². The molecule has 3 unspecified atom stereocenters. The summed E-state index contributed by atoms with van der Waals surface area (Å²) in [5.41, 5.74) is 0. The third kappa shape index (κ3) is 6.61. The number of nitrogens with one attached hydrogen (secondary N) is 1. The van der Waals surface area contributed by atoms with Gasteiger partial charge < -0.3 is 10.2 Å². The number of hydrogen-bond donors (Lipinski definition) is 1.